The lowest BCUT2D eigenvalue weighted by atomic mass is 10.0. The maximum absolute atomic E-state index is 10.3. The fraction of sp³-hybridized carbons (Fsp3) is 0.217. The van der Waals surface area contributed by atoms with Crippen molar-refractivity contribution in [1.82, 2.24) is 5.32 Å². The summed E-state index contributed by atoms with van der Waals surface area (Å²) in [5, 5.41) is 13.6. The van der Waals surface area contributed by atoms with Gasteiger partial charge in [0.05, 0.1) is 6.10 Å². The number of nitrogens with one attached hydrogen (secondary N) is 1. The third-order valence-corrected chi connectivity index (χ3v) is 4.53. The molecule has 0 radical (unpaired) electrons. The Hall–Kier alpha value is -2.46. The Labute approximate surface area is 155 Å². The Morgan fingerprint density at radius 1 is 0.769 bits per heavy atom. The summed E-state index contributed by atoms with van der Waals surface area (Å²) in [5.74, 6) is 0. The van der Waals surface area contributed by atoms with Gasteiger partial charge in [0.25, 0.3) is 0 Å². The van der Waals surface area contributed by atoms with Crippen LogP contribution in [-0.2, 0) is 13.0 Å². The summed E-state index contributed by atoms with van der Waals surface area (Å²) in [7, 11) is 0. The molecule has 0 saturated heterocycles. The van der Waals surface area contributed by atoms with Gasteiger partial charge in [-0.2, -0.15) is 0 Å². The van der Waals surface area contributed by atoms with E-state index in [0.29, 0.717) is 19.5 Å². The molecule has 134 valence electrons. The van der Waals surface area contributed by atoms with Gasteiger partial charge in [-0.1, -0.05) is 78.9 Å². The van der Waals surface area contributed by atoms with Crippen LogP contribution in [-0.4, -0.2) is 23.8 Å². The Morgan fingerprint density at radius 3 is 2.12 bits per heavy atom. The van der Waals surface area contributed by atoms with Crippen molar-refractivity contribution in [2.24, 2.45) is 5.73 Å². The molecule has 0 saturated carbocycles. The molecule has 3 aromatic carbocycles. The molecule has 0 heterocycles. The quantitative estimate of drug-likeness (QED) is 0.586. The molecule has 0 aromatic heterocycles. The summed E-state index contributed by atoms with van der Waals surface area (Å²) in [6.45, 7) is 1.18. The number of benzene rings is 3. The van der Waals surface area contributed by atoms with Gasteiger partial charge in [0.1, 0.15) is 0 Å². The van der Waals surface area contributed by atoms with Crippen molar-refractivity contribution in [3.63, 3.8) is 0 Å². The van der Waals surface area contributed by atoms with Crippen molar-refractivity contribution in [3.05, 3.63) is 96.1 Å². The molecule has 0 unspecified atom stereocenters. The third kappa shape index (κ3) is 5.27. The van der Waals surface area contributed by atoms with Gasteiger partial charge < -0.3 is 16.2 Å². The van der Waals surface area contributed by atoms with E-state index in [-0.39, 0.29) is 6.04 Å². The van der Waals surface area contributed by atoms with E-state index < -0.39 is 6.10 Å². The third-order valence-electron chi connectivity index (χ3n) is 4.53. The van der Waals surface area contributed by atoms with Crippen LogP contribution in [0.3, 0.4) is 0 Å². The van der Waals surface area contributed by atoms with Crippen molar-refractivity contribution >= 4 is 0 Å². The summed E-state index contributed by atoms with van der Waals surface area (Å²) >= 11 is 0. The van der Waals surface area contributed by atoms with E-state index in [1.165, 1.54) is 16.7 Å². The fourth-order valence-electron chi connectivity index (χ4n) is 3.03. The highest BCUT2D eigenvalue weighted by molar-refractivity contribution is 5.63. The van der Waals surface area contributed by atoms with Gasteiger partial charge in [-0.3, -0.25) is 0 Å². The molecule has 3 aromatic rings. The first-order chi connectivity index (χ1) is 12.7. The van der Waals surface area contributed by atoms with E-state index in [9.17, 15) is 5.11 Å². The highest BCUT2D eigenvalue weighted by Crippen LogP contribution is 2.19. The van der Waals surface area contributed by atoms with Crippen LogP contribution in [0.2, 0.25) is 0 Å². The van der Waals surface area contributed by atoms with E-state index >= 15 is 0 Å². The number of hydrogen-bond acceptors (Lipinski definition) is 3. The monoisotopic (exact) mass is 346 g/mol. The molecule has 0 bridgehead atoms. The second-order valence-corrected chi connectivity index (χ2v) is 6.62. The zero-order valence-electron chi connectivity index (χ0n) is 14.9. The summed E-state index contributed by atoms with van der Waals surface area (Å²) < 4.78 is 0. The molecule has 4 N–H and O–H groups in total. The Kier molecular flexibility index (Phi) is 6.56. The smallest absolute Gasteiger partial charge is 0.0818 e. The first-order valence-electron chi connectivity index (χ1n) is 9.05. The molecule has 26 heavy (non-hydrogen) atoms. The molecule has 0 spiro atoms. The summed E-state index contributed by atoms with van der Waals surface area (Å²) in [6, 6.07) is 28.6. The second kappa shape index (κ2) is 9.30. The lowest BCUT2D eigenvalue weighted by molar-refractivity contribution is 0.141. The van der Waals surface area contributed by atoms with Crippen LogP contribution in [0.25, 0.3) is 11.1 Å². The minimum Gasteiger partial charge on any atom is -0.390 e. The Bertz CT molecular complexity index is 790. The predicted octanol–water partition coefficient (Wildman–Crippen LogP) is 3.37. The predicted molar refractivity (Wildman–Crippen MR) is 108 cm³/mol. The average molecular weight is 346 g/mol. The van der Waals surface area contributed by atoms with Crippen LogP contribution < -0.4 is 11.1 Å². The summed E-state index contributed by atoms with van der Waals surface area (Å²) in [6.07, 6.45) is 0.0974. The second-order valence-electron chi connectivity index (χ2n) is 6.62. The van der Waals surface area contributed by atoms with Crippen LogP contribution in [0.4, 0.5) is 0 Å². The molecule has 0 aliphatic heterocycles. The van der Waals surface area contributed by atoms with Crippen molar-refractivity contribution in [2.45, 2.75) is 25.1 Å². The molecule has 0 aliphatic carbocycles. The summed E-state index contributed by atoms with van der Waals surface area (Å²) in [4.78, 5) is 0. The zero-order chi connectivity index (χ0) is 18.2. The minimum atomic E-state index is -0.576. The Morgan fingerprint density at radius 2 is 1.38 bits per heavy atom. The lowest BCUT2D eigenvalue weighted by Gasteiger charge is -2.19. The summed E-state index contributed by atoms with van der Waals surface area (Å²) in [5.41, 5.74) is 10.9. The number of hydrogen-bond donors (Lipinski definition) is 3. The highest BCUT2D eigenvalue weighted by atomic mass is 16.3. The molecular weight excluding hydrogens is 320 g/mol. The van der Waals surface area contributed by atoms with Gasteiger partial charge in [0.2, 0.25) is 0 Å². The largest absolute Gasteiger partial charge is 0.390 e. The van der Waals surface area contributed by atoms with Crippen molar-refractivity contribution in [2.75, 3.05) is 6.54 Å². The first-order valence-corrected chi connectivity index (χ1v) is 9.05. The van der Waals surface area contributed by atoms with Crippen LogP contribution in [0.5, 0.6) is 0 Å². The molecule has 3 nitrogen and oxygen atoms in total. The van der Waals surface area contributed by atoms with Crippen molar-refractivity contribution in [3.8, 4) is 11.1 Å². The van der Waals surface area contributed by atoms with Crippen molar-refractivity contribution < 1.29 is 5.11 Å². The fourth-order valence-corrected chi connectivity index (χ4v) is 3.03. The molecule has 3 heteroatoms. The number of aliphatic hydroxyl groups excluding tert-OH is 1. The topological polar surface area (TPSA) is 58.3 Å². The van der Waals surface area contributed by atoms with Gasteiger partial charge >= 0.3 is 0 Å². The first kappa shape index (κ1) is 18.3. The molecular formula is C23H26N2O. The molecule has 0 aliphatic rings. The van der Waals surface area contributed by atoms with Gasteiger partial charge in [0.15, 0.2) is 0 Å². The molecule has 3 rings (SSSR count). The van der Waals surface area contributed by atoms with Crippen LogP contribution in [0, 0.1) is 0 Å². The SMILES string of the molecule is N[C@@H](Cc1ccccc1)[C@H](O)CNCc1cccc(-c2ccccc2)c1. The van der Waals surface area contributed by atoms with Crippen LogP contribution in [0.15, 0.2) is 84.9 Å². The van der Waals surface area contributed by atoms with Gasteiger partial charge in [-0.25, -0.2) is 0 Å². The molecule has 0 fully saturated rings. The number of nitrogens with two attached hydrogens (primary N) is 1. The van der Waals surface area contributed by atoms with E-state index in [0.717, 1.165) is 5.56 Å². The van der Waals surface area contributed by atoms with Crippen molar-refractivity contribution in [1.29, 1.82) is 0 Å². The van der Waals surface area contributed by atoms with E-state index in [1.807, 2.05) is 48.5 Å². The van der Waals surface area contributed by atoms with E-state index in [2.05, 4.69) is 41.7 Å². The number of aliphatic hydroxyl groups is 1. The van der Waals surface area contributed by atoms with Gasteiger partial charge in [0, 0.05) is 19.1 Å². The number of rotatable bonds is 8. The molecule has 0 amide bonds. The standard InChI is InChI=1S/C23H26N2O/c24-22(15-18-8-3-1-4-9-18)23(26)17-25-16-19-10-7-13-21(14-19)20-11-5-2-6-12-20/h1-14,22-23,25-26H,15-17,24H2/t22-,23+/m0/s1. The maximum Gasteiger partial charge on any atom is 0.0818 e. The van der Waals surface area contributed by atoms with Crippen LogP contribution in [0.1, 0.15) is 11.1 Å². The average Bonchev–Trinajstić information content (AvgIpc) is 2.69. The Balaban J connectivity index is 1.50. The molecule has 2 atom stereocenters. The zero-order valence-corrected chi connectivity index (χ0v) is 14.9. The van der Waals surface area contributed by atoms with E-state index in [4.69, 9.17) is 5.73 Å². The highest BCUT2D eigenvalue weighted by Gasteiger charge is 2.14. The van der Waals surface area contributed by atoms with Crippen LogP contribution >= 0.6 is 0 Å². The van der Waals surface area contributed by atoms with Gasteiger partial charge in [-0.05, 0) is 34.7 Å². The maximum atomic E-state index is 10.3. The lowest BCUT2D eigenvalue weighted by Crippen LogP contribution is -2.42. The van der Waals surface area contributed by atoms with Gasteiger partial charge in [-0.15, -0.1) is 0 Å². The normalized spacial score (nSPS) is 13.3. The van der Waals surface area contributed by atoms with E-state index in [1.54, 1.807) is 0 Å². The minimum absolute atomic E-state index is 0.277.